The Bertz CT molecular complexity index is 617. The van der Waals surface area contributed by atoms with E-state index in [-0.39, 0.29) is 24.1 Å². The summed E-state index contributed by atoms with van der Waals surface area (Å²) in [6.07, 6.45) is 1.44. The monoisotopic (exact) mass is 329 g/mol. The molecule has 24 heavy (non-hydrogen) atoms. The van der Waals surface area contributed by atoms with Crippen LogP contribution in [0.4, 0.5) is 0 Å². The molecule has 1 aliphatic heterocycles. The van der Waals surface area contributed by atoms with Gasteiger partial charge in [0.05, 0.1) is 0 Å². The molecule has 1 aliphatic rings. The van der Waals surface area contributed by atoms with Gasteiger partial charge in [-0.3, -0.25) is 14.4 Å². The molecule has 3 amide bonds. The van der Waals surface area contributed by atoms with Crippen LogP contribution in [0.2, 0.25) is 0 Å². The Morgan fingerprint density at radius 1 is 1.08 bits per heavy atom. The highest BCUT2D eigenvalue weighted by Gasteiger charge is 2.24. The van der Waals surface area contributed by atoms with E-state index in [1.807, 2.05) is 31.2 Å². The predicted molar refractivity (Wildman–Crippen MR) is 91.5 cm³/mol. The van der Waals surface area contributed by atoms with Crippen molar-refractivity contribution >= 4 is 17.7 Å². The minimum atomic E-state index is -0.281. The maximum Gasteiger partial charge on any atom is 0.253 e. The van der Waals surface area contributed by atoms with Crippen LogP contribution >= 0.6 is 0 Å². The van der Waals surface area contributed by atoms with E-state index in [0.29, 0.717) is 38.3 Å². The van der Waals surface area contributed by atoms with Crippen LogP contribution < -0.4 is 5.32 Å². The number of carbonyl (C=O) groups is 3. The summed E-state index contributed by atoms with van der Waals surface area (Å²) < 4.78 is 0. The second kappa shape index (κ2) is 8.29. The fourth-order valence-electron chi connectivity index (χ4n) is 2.56. The summed E-state index contributed by atoms with van der Waals surface area (Å²) in [6.45, 7) is 7.73. The Morgan fingerprint density at radius 3 is 2.25 bits per heavy atom. The van der Waals surface area contributed by atoms with Gasteiger partial charge >= 0.3 is 0 Å². The average molecular weight is 329 g/mol. The zero-order valence-electron chi connectivity index (χ0n) is 14.0. The van der Waals surface area contributed by atoms with Crippen LogP contribution in [-0.2, 0) is 9.59 Å². The largest absolute Gasteiger partial charge is 0.352 e. The maximum atomic E-state index is 12.4. The molecule has 0 aliphatic carbocycles. The predicted octanol–water partition coefficient (Wildman–Crippen LogP) is 0.972. The molecule has 6 heteroatoms. The lowest BCUT2D eigenvalue weighted by atomic mass is 10.1. The van der Waals surface area contributed by atoms with E-state index in [1.165, 1.54) is 6.08 Å². The van der Waals surface area contributed by atoms with Gasteiger partial charge in [-0.15, -0.1) is 0 Å². The number of benzene rings is 1. The van der Waals surface area contributed by atoms with Crippen LogP contribution in [0, 0.1) is 6.92 Å². The van der Waals surface area contributed by atoms with Gasteiger partial charge in [0.1, 0.15) is 0 Å². The molecule has 1 heterocycles. The third-order valence-corrected chi connectivity index (χ3v) is 4.04. The van der Waals surface area contributed by atoms with Crippen LogP contribution in [0.25, 0.3) is 0 Å². The molecule has 2 rings (SSSR count). The van der Waals surface area contributed by atoms with Crippen LogP contribution in [0.1, 0.15) is 22.3 Å². The third kappa shape index (κ3) is 4.68. The Hall–Kier alpha value is -2.63. The van der Waals surface area contributed by atoms with Crippen molar-refractivity contribution in [1.29, 1.82) is 0 Å². The van der Waals surface area contributed by atoms with Crippen molar-refractivity contribution in [3.63, 3.8) is 0 Å². The standard InChI is InChI=1S/C18H23N3O3/c1-3-16(22)19-9-8-17(23)20-10-12-21(13-11-20)18(24)15-6-4-14(2)5-7-15/h3-7H,1,8-13H2,2H3,(H,19,22). The second-order valence-electron chi connectivity index (χ2n) is 5.78. The minimum absolute atomic E-state index is 0.000320. The Kier molecular flexibility index (Phi) is 6.12. The summed E-state index contributed by atoms with van der Waals surface area (Å²) in [5.41, 5.74) is 1.79. The molecule has 0 aromatic heterocycles. The molecular formula is C18H23N3O3. The van der Waals surface area contributed by atoms with Crippen molar-refractivity contribution in [2.45, 2.75) is 13.3 Å². The fourth-order valence-corrected chi connectivity index (χ4v) is 2.56. The molecule has 0 bridgehead atoms. The quantitative estimate of drug-likeness (QED) is 0.819. The number of rotatable bonds is 5. The van der Waals surface area contributed by atoms with E-state index in [2.05, 4.69) is 11.9 Å². The van der Waals surface area contributed by atoms with Crippen LogP contribution in [0.3, 0.4) is 0 Å². The Morgan fingerprint density at radius 2 is 1.67 bits per heavy atom. The van der Waals surface area contributed by atoms with Gasteiger partial charge in [0.2, 0.25) is 11.8 Å². The van der Waals surface area contributed by atoms with Crippen molar-refractivity contribution in [3.05, 3.63) is 48.0 Å². The first-order valence-corrected chi connectivity index (χ1v) is 8.05. The number of hydrogen-bond acceptors (Lipinski definition) is 3. The number of hydrogen-bond donors (Lipinski definition) is 1. The Labute approximate surface area is 142 Å². The average Bonchev–Trinajstić information content (AvgIpc) is 2.61. The first-order chi connectivity index (χ1) is 11.5. The summed E-state index contributed by atoms with van der Waals surface area (Å²) >= 11 is 0. The molecule has 1 saturated heterocycles. The molecule has 0 radical (unpaired) electrons. The van der Waals surface area contributed by atoms with E-state index in [4.69, 9.17) is 0 Å². The molecule has 0 unspecified atom stereocenters. The molecule has 0 spiro atoms. The first-order valence-electron chi connectivity index (χ1n) is 8.05. The molecular weight excluding hydrogens is 306 g/mol. The molecule has 128 valence electrons. The highest BCUT2D eigenvalue weighted by atomic mass is 16.2. The van der Waals surface area contributed by atoms with Gasteiger partial charge in [0.15, 0.2) is 0 Å². The number of aryl methyl sites for hydroxylation is 1. The maximum absolute atomic E-state index is 12.4. The lowest BCUT2D eigenvalue weighted by molar-refractivity contribution is -0.132. The van der Waals surface area contributed by atoms with Crippen molar-refractivity contribution in [1.82, 2.24) is 15.1 Å². The summed E-state index contributed by atoms with van der Waals surface area (Å²) in [5.74, 6) is -0.293. The van der Waals surface area contributed by atoms with Gasteiger partial charge in [0.25, 0.3) is 5.91 Å². The van der Waals surface area contributed by atoms with Crippen molar-refractivity contribution in [2.24, 2.45) is 0 Å². The molecule has 1 fully saturated rings. The van der Waals surface area contributed by atoms with Gasteiger partial charge in [-0.25, -0.2) is 0 Å². The zero-order chi connectivity index (χ0) is 17.5. The van der Waals surface area contributed by atoms with E-state index in [0.717, 1.165) is 5.56 Å². The molecule has 0 saturated carbocycles. The number of piperazine rings is 1. The SMILES string of the molecule is C=CC(=O)NCCC(=O)N1CCN(C(=O)c2ccc(C)cc2)CC1. The minimum Gasteiger partial charge on any atom is -0.352 e. The highest BCUT2D eigenvalue weighted by molar-refractivity contribution is 5.94. The van der Waals surface area contributed by atoms with E-state index in [1.54, 1.807) is 9.80 Å². The Balaban J connectivity index is 1.79. The second-order valence-corrected chi connectivity index (χ2v) is 5.78. The van der Waals surface area contributed by atoms with Crippen LogP contribution in [0.15, 0.2) is 36.9 Å². The topological polar surface area (TPSA) is 69.7 Å². The van der Waals surface area contributed by atoms with Crippen LogP contribution in [0.5, 0.6) is 0 Å². The molecule has 1 aromatic carbocycles. The summed E-state index contributed by atoms with van der Waals surface area (Å²) in [7, 11) is 0. The zero-order valence-corrected chi connectivity index (χ0v) is 14.0. The number of carbonyl (C=O) groups excluding carboxylic acids is 3. The number of nitrogens with zero attached hydrogens (tertiary/aromatic N) is 2. The van der Waals surface area contributed by atoms with Gasteiger partial charge in [-0.05, 0) is 25.1 Å². The summed E-state index contributed by atoms with van der Waals surface area (Å²) in [5, 5.41) is 2.59. The van der Waals surface area contributed by atoms with Crippen molar-refractivity contribution in [3.8, 4) is 0 Å². The number of amides is 3. The lowest BCUT2D eigenvalue weighted by Gasteiger charge is -2.35. The number of nitrogens with one attached hydrogen (secondary N) is 1. The third-order valence-electron chi connectivity index (χ3n) is 4.04. The normalized spacial score (nSPS) is 14.2. The van der Waals surface area contributed by atoms with Crippen molar-refractivity contribution in [2.75, 3.05) is 32.7 Å². The lowest BCUT2D eigenvalue weighted by Crippen LogP contribution is -2.51. The highest BCUT2D eigenvalue weighted by Crippen LogP contribution is 2.10. The smallest absolute Gasteiger partial charge is 0.253 e. The fraction of sp³-hybridized carbons (Fsp3) is 0.389. The van der Waals surface area contributed by atoms with Crippen molar-refractivity contribution < 1.29 is 14.4 Å². The molecule has 1 N–H and O–H groups in total. The van der Waals surface area contributed by atoms with Gasteiger partial charge in [-0.2, -0.15) is 0 Å². The van der Waals surface area contributed by atoms with Gasteiger partial charge in [-0.1, -0.05) is 24.3 Å². The molecule has 1 aromatic rings. The first kappa shape index (κ1) is 17.7. The van der Waals surface area contributed by atoms with Gasteiger partial charge < -0.3 is 15.1 Å². The molecule has 6 nitrogen and oxygen atoms in total. The van der Waals surface area contributed by atoms with E-state index in [9.17, 15) is 14.4 Å². The van der Waals surface area contributed by atoms with Crippen LogP contribution in [-0.4, -0.2) is 60.2 Å². The van der Waals surface area contributed by atoms with E-state index < -0.39 is 0 Å². The summed E-state index contributed by atoms with van der Waals surface area (Å²) in [6, 6.07) is 7.50. The van der Waals surface area contributed by atoms with E-state index >= 15 is 0 Å². The summed E-state index contributed by atoms with van der Waals surface area (Å²) in [4.78, 5) is 39.1. The van der Waals surface area contributed by atoms with Gasteiger partial charge in [0, 0.05) is 44.7 Å². The molecule has 0 atom stereocenters.